The molecule has 0 aromatic heterocycles. The Kier molecular flexibility index (Phi) is 5.05. The number of alkyl halides is 9. The van der Waals surface area contributed by atoms with E-state index in [1.165, 1.54) is 0 Å². The molecular weight excluding hydrogens is 335 g/mol. The van der Waals surface area contributed by atoms with Gasteiger partial charge < -0.3 is 5.11 Å². The van der Waals surface area contributed by atoms with Crippen molar-refractivity contribution < 1.29 is 53.0 Å². The molecule has 122 valence electrons. The van der Waals surface area contributed by atoms with Crippen molar-refractivity contribution in [1.29, 1.82) is 0 Å². The van der Waals surface area contributed by atoms with Crippen LogP contribution in [-0.2, 0) is 9.84 Å². The van der Waals surface area contributed by atoms with E-state index in [0.29, 0.717) is 0 Å². The highest BCUT2D eigenvalue weighted by Crippen LogP contribution is 2.54. The fraction of sp³-hybridized carbons (Fsp3) is 1.00. The molecule has 0 aromatic rings. The second kappa shape index (κ2) is 5.24. The van der Waals surface area contributed by atoms with Crippen molar-refractivity contribution in [3.63, 3.8) is 0 Å². The summed E-state index contributed by atoms with van der Waals surface area (Å²) in [5.41, 5.74) is 0. The van der Waals surface area contributed by atoms with Crippen LogP contribution in [0.2, 0.25) is 0 Å². The lowest BCUT2D eigenvalue weighted by molar-refractivity contribution is -0.382. The number of hydrogen-bond donors (Lipinski definition) is 1. The molecule has 20 heavy (non-hydrogen) atoms. The Hall–Kier alpha value is -0.720. The average molecular weight is 342 g/mol. The molecule has 0 amide bonds. The van der Waals surface area contributed by atoms with E-state index < -0.39 is 51.9 Å². The second-order valence-corrected chi connectivity index (χ2v) is 5.71. The van der Waals surface area contributed by atoms with Gasteiger partial charge in [0.2, 0.25) is 9.84 Å². The smallest absolute Gasteiger partial charge is 0.396 e. The predicted molar refractivity (Wildman–Crippen MR) is 46.4 cm³/mol. The van der Waals surface area contributed by atoms with Crippen molar-refractivity contribution in [1.82, 2.24) is 0 Å². The van der Waals surface area contributed by atoms with E-state index in [1.54, 1.807) is 0 Å². The van der Waals surface area contributed by atoms with Crippen LogP contribution in [0.3, 0.4) is 0 Å². The summed E-state index contributed by atoms with van der Waals surface area (Å²) in [4.78, 5) is 0. The summed E-state index contributed by atoms with van der Waals surface area (Å²) in [6.07, 6.45) is -8.11. The third kappa shape index (κ3) is 2.82. The zero-order chi connectivity index (χ0) is 16.6. The number of halogens is 9. The molecule has 0 fully saturated rings. The summed E-state index contributed by atoms with van der Waals surface area (Å²) in [6.45, 7) is -1.07. The molecule has 0 bridgehead atoms. The van der Waals surface area contributed by atoms with Crippen LogP contribution in [0.4, 0.5) is 39.5 Å². The Balaban J connectivity index is 5.82. The van der Waals surface area contributed by atoms with Gasteiger partial charge in [0.1, 0.15) is 0 Å². The minimum atomic E-state index is -7.25. The highest BCUT2D eigenvalue weighted by atomic mass is 32.2. The Morgan fingerprint density at radius 1 is 0.800 bits per heavy atom. The number of rotatable bonds is 6. The first-order chi connectivity index (χ1) is 8.56. The van der Waals surface area contributed by atoms with Gasteiger partial charge in [-0.25, -0.2) is 8.42 Å². The van der Waals surface area contributed by atoms with Crippen molar-refractivity contribution in [3.8, 4) is 0 Å². The monoisotopic (exact) mass is 342 g/mol. The van der Waals surface area contributed by atoms with Gasteiger partial charge in [-0.1, -0.05) is 0 Å². The molecule has 0 aliphatic rings. The van der Waals surface area contributed by atoms with Gasteiger partial charge in [0.05, 0.1) is 5.75 Å². The Morgan fingerprint density at radius 3 is 1.50 bits per heavy atom. The molecule has 0 aliphatic heterocycles. The zero-order valence-corrected chi connectivity index (χ0v) is 10.0. The standard InChI is InChI=1S/C7H7F9O3S/c8-4(9,6(12,13)14)5(10,11)7(15,16)20(18,19)3-1-2-17/h17H,1-3H2. The van der Waals surface area contributed by atoms with E-state index in [0.717, 1.165) is 0 Å². The first-order valence-electron chi connectivity index (χ1n) is 4.59. The summed E-state index contributed by atoms with van der Waals surface area (Å²) >= 11 is 0. The van der Waals surface area contributed by atoms with Gasteiger partial charge in [-0.2, -0.15) is 39.5 Å². The van der Waals surface area contributed by atoms with E-state index in [2.05, 4.69) is 0 Å². The lowest BCUT2D eigenvalue weighted by Gasteiger charge is -2.33. The van der Waals surface area contributed by atoms with Gasteiger partial charge in [0.15, 0.2) is 0 Å². The molecule has 13 heteroatoms. The molecule has 0 heterocycles. The number of aliphatic hydroxyl groups is 1. The van der Waals surface area contributed by atoms with Crippen LogP contribution in [0.5, 0.6) is 0 Å². The third-order valence-corrected chi connectivity index (χ3v) is 3.94. The number of aliphatic hydroxyl groups excluding tert-OH is 1. The Bertz CT molecular complexity index is 439. The summed E-state index contributed by atoms with van der Waals surface area (Å²) in [5.74, 6) is -16.3. The van der Waals surface area contributed by atoms with Crippen LogP contribution in [0.25, 0.3) is 0 Å². The SMILES string of the molecule is O=S(=O)(CCCO)C(F)(F)C(F)(F)C(F)(F)C(F)(F)F. The Labute approximate surface area is 106 Å². The van der Waals surface area contributed by atoms with Crippen molar-refractivity contribution in [2.24, 2.45) is 0 Å². The maximum Gasteiger partial charge on any atom is 0.460 e. The summed E-state index contributed by atoms with van der Waals surface area (Å²) in [7, 11) is -6.35. The number of sulfone groups is 1. The average Bonchev–Trinajstić information content (AvgIpc) is 2.24. The van der Waals surface area contributed by atoms with E-state index in [4.69, 9.17) is 5.11 Å². The molecule has 0 radical (unpaired) electrons. The molecule has 0 aromatic carbocycles. The van der Waals surface area contributed by atoms with Gasteiger partial charge in [-0.3, -0.25) is 0 Å². The van der Waals surface area contributed by atoms with Gasteiger partial charge in [0, 0.05) is 6.61 Å². The molecule has 0 saturated carbocycles. The fourth-order valence-electron chi connectivity index (χ4n) is 0.939. The molecule has 0 spiro atoms. The highest BCUT2D eigenvalue weighted by Gasteiger charge is 2.84. The van der Waals surface area contributed by atoms with E-state index >= 15 is 0 Å². The Morgan fingerprint density at radius 2 is 1.20 bits per heavy atom. The lowest BCUT2D eigenvalue weighted by atomic mass is 10.1. The van der Waals surface area contributed by atoms with E-state index in [1.807, 2.05) is 0 Å². The van der Waals surface area contributed by atoms with Crippen molar-refractivity contribution in [3.05, 3.63) is 0 Å². The van der Waals surface area contributed by atoms with Gasteiger partial charge in [0.25, 0.3) is 0 Å². The fourth-order valence-corrected chi connectivity index (χ4v) is 2.22. The first kappa shape index (κ1) is 19.3. The van der Waals surface area contributed by atoms with E-state index in [9.17, 15) is 47.9 Å². The summed E-state index contributed by atoms with van der Waals surface area (Å²) in [5, 5.41) is 1.50. The van der Waals surface area contributed by atoms with Crippen LogP contribution >= 0.6 is 0 Å². The topological polar surface area (TPSA) is 54.4 Å². The molecule has 0 atom stereocenters. The maximum atomic E-state index is 12.9. The molecule has 3 nitrogen and oxygen atoms in total. The number of hydrogen-bond acceptors (Lipinski definition) is 3. The molecule has 0 saturated heterocycles. The zero-order valence-electron chi connectivity index (χ0n) is 9.19. The minimum absolute atomic E-state index is 1.04. The second-order valence-electron chi connectivity index (χ2n) is 3.56. The summed E-state index contributed by atoms with van der Waals surface area (Å²) < 4.78 is 133. The van der Waals surface area contributed by atoms with E-state index in [-0.39, 0.29) is 0 Å². The van der Waals surface area contributed by atoms with Crippen LogP contribution in [0, 0.1) is 0 Å². The minimum Gasteiger partial charge on any atom is -0.396 e. The van der Waals surface area contributed by atoms with Gasteiger partial charge >= 0.3 is 23.3 Å². The molecule has 1 N–H and O–H groups in total. The van der Waals surface area contributed by atoms with Gasteiger partial charge in [-0.15, -0.1) is 0 Å². The van der Waals surface area contributed by atoms with Crippen molar-refractivity contribution >= 4 is 9.84 Å². The van der Waals surface area contributed by atoms with Crippen LogP contribution in [0.15, 0.2) is 0 Å². The third-order valence-electron chi connectivity index (χ3n) is 2.08. The largest absolute Gasteiger partial charge is 0.460 e. The normalized spacial score (nSPS) is 15.5. The van der Waals surface area contributed by atoms with Crippen LogP contribution in [-0.4, -0.2) is 49.2 Å². The molecule has 0 rings (SSSR count). The molecule has 0 unspecified atom stereocenters. The van der Waals surface area contributed by atoms with Crippen LogP contribution in [0.1, 0.15) is 6.42 Å². The quantitative estimate of drug-likeness (QED) is 0.753. The summed E-state index contributed by atoms with van der Waals surface area (Å²) in [6, 6.07) is 0. The van der Waals surface area contributed by atoms with Crippen molar-refractivity contribution in [2.75, 3.05) is 12.4 Å². The van der Waals surface area contributed by atoms with Crippen LogP contribution < -0.4 is 0 Å². The first-order valence-corrected chi connectivity index (χ1v) is 6.25. The predicted octanol–water partition coefficient (Wildman–Crippen LogP) is 2.21. The van der Waals surface area contributed by atoms with Gasteiger partial charge in [-0.05, 0) is 6.42 Å². The highest BCUT2D eigenvalue weighted by molar-refractivity contribution is 7.92. The molecule has 0 aliphatic carbocycles. The van der Waals surface area contributed by atoms with Crippen molar-refractivity contribution in [2.45, 2.75) is 29.7 Å². The molecular formula is C7H7F9O3S. The maximum absolute atomic E-state index is 12.9. The lowest BCUT2D eigenvalue weighted by Crippen LogP contribution is -2.63.